The number of aromatic nitrogens is 3. The van der Waals surface area contributed by atoms with E-state index in [2.05, 4.69) is 26.5 Å². The lowest BCUT2D eigenvalue weighted by molar-refractivity contribution is 0.0769. The third kappa shape index (κ3) is 4.09. The summed E-state index contributed by atoms with van der Waals surface area (Å²) in [5, 5.41) is 7.41. The summed E-state index contributed by atoms with van der Waals surface area (Å²) in [6.07, 6.45) is 5.67. The molecule has 1 aliphatic rings. The van der Waals surface area contributed by atoms with Crippen molar-refractivity contribution in [3.63, 3.8) is 0 Å². The van der Waals surface area contributed by atoms with Crippen LogP contribution in [0.4, 0.5) is 0 Å². The molecule has 7 nitrogen and oxygen atoms in total. The number of hydrogen-bond donors (Lipinski definition) is 1. The van der Waals surface area contributed by atoms with Crippen molar-refractivity contribution >= 4 is 5.91 Å². The van der Waals surface area contributed by atoms with Gasteiger partial charge in [0.05, 0.1) is 6.54 Å². The zero-order valence-corrected chi connectivity index (χ0v) is 15.8. The monoisotopic (exact) mass is 377 g/mol. The van der Waals surface area contributed by atoms with Crippen LogP contribution in [0.25, 0.3) is 11.4 Å². The quantitative estimate of drug-likeness (QED) is 0.736. The third-order valence-electron chi connectivity index (χ3n) is 5.03. The van der Waals surface area contributed by atoms with Crippen molar-refractivity contribution in [2.24, 2.45) is 0 Å². The summed E-state index contributed by atoms with van der Waals surface area (Å²) in [5.41, 5.74) is 2.72. The van der Waals surface area contributed by atoms with Crippen LogP contribution in [0.5, 0.6) is 0 Å². The van der Waals surface area contributed by atoms with E-state index in [4.69, 9.17) is 4.52 Å². The molecule has 144 valence electrons. The van der Waals surface area contributed by atoms with Crippen LogP contribution in [0.3, 0.4) is 0 Å². The maximum atomic E-state index is 12.9. The summed E-state index contributed by atoms with van der Waals surface area (Å²) < 4.78 is 5.31. The molecule has 0 aliphatic carbocycles. The van der Waals surface area contributed by atoms with Gasteiger partial charge in [0.15, 0.2) is 0 Å². The van der Waals surface area contributed by atoms with Crippen molar-refractivity contribution in [2.75, 3.05) is 20.1 Å². The Hall–Kier alpha value is -3.06. The first kappa shape index (κ1) is 18.3. The minimum Gasteiger partial charge on any atom is -0.337 e. The second kappa shape index (κ2) is 8.31. The number of hydrogen-bond acceptors (Lipinski definition) is 6. The predicted octanol–water partition coefficient (Wildman–Crippen LogP) is 2.87. The van der Waals surface area contributed by atoms with E-state index >= 15 is 0 Å². The molecule has 28 heavy (non-hydrogen) atoms. The largest absolute Gasteiger partial charge is 0.337 e. The normalized spacial score (nSPS) is 16.7. The number of nitrogens with one attached hydrogen (secondary N) is 1. The highest BCUT2D eigenvalue weighted by Crippen LogP contribution is 2.24. The van der Waals surface area contributed by atoms with E-state index in [1.807, 2.05) is 30.3 Å². The smallest absolute Gasteiger partial charge is 0.254 e. The van der Waals surface area contributed by atoms with Gasteiger partial charge < -0.3 is 14.7 Å². The van der Waals surface area contributed by atoms with Gasteiger partial charge in [-0.15, -0.1) is 0 Å². The Morgan fingerprint density at radius 2 is 2.14 bits per heavy atom. The van der Waals surface area contributed by atoms with Crippen molar-refractivity contribution in [1.29, 1.82) is 0 Å². The first-order valence-corrected chi connectivity index (χ1v) is 9.50. The fraction of sp³-hybridized carbons (Fsp3) is 0.333. The fourth-order valence-electron chi connectivity index (χ4n) is 3.49. The first-order valence-electron chi connectivity index (χ1n) is 9.50. The van der Waals surface area contributed by atoms with Crippen molar-refractivity contribution in [3.8, 4) is 11.4 Å². The number of pyridine rings is 1. The van der Waals surface area contributed by atoms with E-state index in [0.29, 0.717) is 23.2 Å². The molecule has 1 saturated heterocycles. The number of benzene rings is 1. The van der Waals surface area contributed by atoms with E-state index < -0.39 is 0 Å². The topological polar surface area (TPSA) is 84.2 Å². The number of carbonyl (C=O) groups is 1. The highest BCUT2D eigenvalue weighted by atomic mass is 16.5. The number of rotatable bonds is 5. The minimum atomic E-state index is -0.0609. The lowest BCUT2D eigenvalue weighted by Crippen LogP contribution is -2.29. The molecule has 0 saturated carbocycles. The van der Waals surface area contributed by atoms with Crippen LogP contribution in [0.1, 0.15) is 40.6 Å². The maximum Gasteiger partial charge on any atom is 0.254 e. The lowest BCUT2D eigenvalue weighted by Gasteiger charge is -2.24. The molecule has 1 aromatic carbocycles. The second-order valence-electron chi connectivity index (χ2n) is 7.08. The molecule has 3 heterocycles. The summed E-state index contributed by atoms with van der Waals surface area (Å²) in [6, 6.07) is 11.6. The van der Waals surface area contributed by atoms with Crippen LogP contribution in [0, 0.1) is 0 Å². The molecule has 3 aromatic rings. The van der Waals surface area contributed by atoms with E-state index in [-0.39, 0.29) is 12.5 Å². The summed E-state index contributed by atoms with van der Waals surface area (Å²) in [7, 11) is 1.74. The third-order valence-corrected chi connectivity index (χ3v) is 5.03. The Labute approximate surface area is 163 Å². The lowest BCUT2D eigenvalue weighted by atomic mass is 9.90. The molecule has 1 aliphatic heterocycles. The van der Waals surface area contributed by atoms with Gasteiger partial charge in [-0.1, -0.05) is 17.3 Å². The van der Waals surface area contributed by atoms with Crippen LogP contribution in [-0.2, 0) is 6.54 Å². The zero-order chi connectivity index (χ0) is 19.3. The molecule has 0 radical (unpaired) electrons. The molecule has 7 heteroatoms. The minimum absolute atomic E-state index is 0.0609. The molecule has 0 bridgehead atoms. The first-order chi connectivity index (χ1) is 13.7. The fourth-order valence-corrected chi connectivity index (χ4v) is 3.49. The summed E-state index contributed by atoms with van der Waals surface area (Å²) >= 11 is 0. The van der Waals surface area contributed by atoms with E-state index in [0.717, 1.165) is 25.1 Å². The number of nitrogens with zero attached hydrogens (tertiary/aromatic N) is 4. The Morgan fingerprint density at radius 1 is 1.29 bits per heavy atom. The molecule has 2 aromatic heterocycles. The number of amides is 1. The molecule has 1 fully saturated rings. The highest BCUT2D eigenvalue weighted by molar-refractivity contribution is 5.94. The zero-order valence-electron chi connectivity index (χ0n) is 15.8. The highest BCUT2D eigenvalue weighted by Gasteiger charge is 2.19. The van der Waals surface area contributed by atoms with E-state index in [9.17, 15) is 4.79 Å². The maximum absolute atomic E-state index is 12.9. The van der Waals surface area contributed by atoms with Crippen LogP contribution < -0.4 is 5.32 Å². The molecule has 1 N–H and O–H groups in total. The van der Waals surface area contributed by atoms with Crippen molar-refractivity contribution in [3.05, 3.63) is 65.8 Å². The molecule has 1 atom stereocenters. The Morgan fingerprint density at radius 3 is 2.93 bits per heavy atom. The summed E-state index contributed by atoms with van der Waals surface area (Å²) in [6.45, 7) is 2.29. The van der Waals surface area contributed by atoms with Crippen LogP contribution >= 0.6 is 0 Å². The van der Waals surface area contributed by atoms with Crippen LogP contribution in [0.2, 0.25) is 0 Å². The van der Waals surface area contributed by atoms with E-state index in [1.54, 1.807) is 24.3 Å². The predicted molar refractivity (Wildman–Crippen MR) is 105 cm³/mol. The van der Waals surface area contributed by atoms with Gasteiger partial charge in [-0.25, -0.2) is 0 Å². The van der Waals surface area contributed by atoms with Crippen molar-refractivity contribution in [1.82, 2.24) is 25.3 Å². The molecule has 0 unspecified atom stereocenters. The molecule has 4 rings (SSSR count). The molecular formula is C21H23N5O2. The summed E-state index contributed by atoms with van der Waals surface area (Å²) in [4.78, 5) is 22.8. The number of carbonyl (C=O) groups excluding carboxylic acids is 1. The van der Waals surface area contributed by atoms with E-state index in [1.165, 1.54) is 12.0 Å². The molecular weight excluding hydrogens is 354 g/mol. The summed E-state index contributed by atoms with van der Waals surface area (Å²) in [5.74, 6) is 1.29. The van der Waals surface area contributed by atoms with Gasteiger partial charge >= 0.3 is 0 Å². The standard InChI is InChI=1S/C21H23N5O2/c1-26(14-19-24-20(25-28-19)15-7-10-22-11-8-15)21(27)17-5-2-4-16(12-17)18-6-3-9-23-13-18/h2,4-5,7-8,10-12,18,23H,3,6,9,13-14H2,1H3/t18-/m1/s1. The number of piperidine rings is 1. The van der Waals surface area contributed by atoms with Crippen LogP contribution in [-0.4, -0.2) is 46.1 Å². The second-order valence-corrected chi connectivity index (χ2v) is 7.08. The van der Waals surface area contributed by atoms with Crippen molar-refractivity contribution < 1.29 is 9.32 Å². The molecule has 0 spiro atoms. The van der Waals surface area contributed by atoms with Gasteiger partial charge in [-0.3, -0.25) is 9.78 Å². The Kier molecular flexibility index (Phi) is 5.43. The Balaban J connectivity index is 1.44. The van der Waals surface area contributed by atoms with Gasteiger partial charge in [-0.05, 0) is 55.1 Å². The average molecular weight is 377 g/mol. The van der Waals surface area contributed by atoms with Crippen LogP contribution in [0.15, 0.2) is 53.3 Å². The van der Waals surface area contributed by atoms with Gasteiger partial charge in [0.1, 0.15) is 0 Å². The van der Waals surface area contributed by atoms with Gasteiger partial charge in [0.2, 0.25) is 11.7 Å². The van der Waals surface area contributed by atoms with Gasteiger partial charge in [0.25, 0.3) is 5.91 Å². The average Bonchev–Trinajstić information content (AvgIpc) is 3.23. The van der Waals surface area contributed by atoms with Gasteiger partial charge in [-0.2, -0.15) is 4.98 Å². The SMILES string of the molecule is CN(Cc1nc(-c2ccncc2)no1)C(=O)c1cccc([C@@H]2CCCNC2)c1. The Bertz CT molecular complexity index is 935. The van der Waals surface area contributed by atoms with Gasteiger partial charge in [0, 0.05) is 37.1 Å². The van der Waals surface area contributed by atoms with Crippen molar-refractivity contribution in [2.45, 2.75) is 25.3 Å². The molecule has 1 amide bonds.